The summed E-state index contributed by atoms with van der Waals surface area (Å²) in [6.07, 6.45) is 2.02. The molecule has 21 heavy (non-hydrogen) atoms. The molecule has 3 rings (SSSR count). The Hall–Kier alpha value is -2.67. The van der Waals surface area contributed by atoms with Crippen LogP contribution in [0.1, 0.15) is 40.0 Å². The van der Waals surface area contributed by atoms with Crippen LogP contribution in [0, 0.1) is 18.3 Å². The molecule has 1 heterocycles. The minimum Gasteiger partial charge on any atom is -0.383 e. The summed E-state index contributed by atoms with van der Waals surface area (Å²) in [6, 6.07) is 9.89. The smallest absolute Gasteiger partial charge is 0.165 e. The predicted octanol–water partition coefficient (Wildman–Crippen LogP) is 3.03. The minimum atomic E-state index is 0.0517. The van der Waals surface area contributed by atoms with Crippen molar-refractivity contribution in [3.05, 3.63) is 46.6 Å². The van der Waals surface area contributed by atoms with E-state index in [9.17, 15) is 10.1 Å². The Bertz CT molecular complexity index is 770. The molecule has 0 bridgehead atoms. The van der Waals surface area contributed by atoms with Crippen molar-refractivity contribution in [2.45, 2.75) is 26.2 Å². The maximum atomic E-state index is 12.3. The van der Waals surface area contributed by atoms with Gasteiger partial charge in [-0.3, -0.25) is 4.79 Å². The Kier molecular flexibility index (Phi) is 3.19. The largest absolute Gasteiger partial charge is 0.383 e. The second-order valence-corrected chi connectivity index (χ2v) is 5.32. The molecule has 104 valence electrons. The van der Waals surface area contributed by atoms with Crippen LogP contribution in [0.5, 0.6) is 0 Å². The zero-order valence-electron chi connectivity index (χ0n) is 11.8. The van der Waals surface area contributed by atoms with Gasteiger partial charge in [0.1, 0.15) is 17.5 Å². The number of aromatic nitrogens is 1. The molecule has 0 fully saturated rings. The molecule has 1 aromatic heterocycles. The summed E-state index contributed by atoms with van der Waals surface area (Å²) in [5.74, 6) is 0.261. The third-order valence-corrected chi connectivity index (χ3v) is 3.85. The fraction of sp³-hybridized carbons (Fsp3) is 0.235. The number of fused-ring (bicyclic) bond motifs is 1. The third kappa shape index (κ3) is 2.17. The fourth-order valence-corrected chi connectivity index (χ4v) is 2.80. The van der Waals surface area contributed by atoms with Crippen molar-refractivity contribution in [2.75, 3.05) is 5.73 Å². The van der Waals surface area contributed by atoms with E-state index >= 15 is 0 Å². The Morgan fingerprint density at radius 2 is 1.90 bits per heavy atom. The van der Waals surface area contributed by atoms with Gasteiger partial charge in [-0.15, -0.1) is 0 Å². The van der Waals surface area contributed by atoms with E-state index in [-0.39, 0.29) is 11.6 Å². The van der Waals surface area contributed by atoms with Crippen molar-refractivity contribution < 1.29 is 4.79 Å². The first-order valence-corrected chi connectivity index (χ1v) is 6.94. The first-order chi connectivity index (χ1) is 10.1. The molecule has 2 aromatic rings. The molecule has 0 radical (unpaired) electrons. The number of nitrogens with two attached hydrogens (primary N) is 1. The molecule has 0 saturated carbocycles. The minimum absolute atomic E-state index is 0.0517. The first-order valence-electron chi connectivity index (χ1n) is 6.94. The molecule has 1 aromatic carbocycles. The molecule has 0 unspecified atom stereocenters. The van der Waals surface area contributed by atoms with Gasteiger partial charge in [0.25, 0.3) is 0 Å². The molecule has 4 heteroatoms. The predicted molar refractivity (Wildman–Crippen MR) is 80.8 cm³/mol. The number of hydrogen-bond donors (Lipinski definition) is 1. The van der Waals surface area contributed by atoms with Crippen LogP contribution in [0.25, 0.3) is 11.1 Å². The third-order valence-electron chi connectivity index (χ3n) is 3.85. The van der Waals surface area contributed by atoms with Gasteiger partial charge in [0.2, 0.25) is 0 Å². The first kappa shape index (κ1) is 13.3. The maximum Gasteiger partial charge on any atom is 0.165 e. The maximum absolute atomic E-state index is 12.3. The lowest BCUT2D eigenvalue weighted by atomic mass is 9.85. The summed E-state index contributed by atoms with van der Waals surface area (Å²) < 4.78 is 0. The van der Waals surface area contributed by atoms with Crippen molar-refractivity contribution in [3.8, 4) is 17.2 Å². The molecule has 1 aliphatic rings. The van der Waals surface area contributed by atoms with Crippen LogP contribution in [0.15, 0.2) is 24.3 Å². The van der Waals surface area contributed by atoms with Gasteiger partial charge < -0.3 is 5.73 Å². The van der Waals surface area contributed by atoms with E-state index in [4.69, 9.17) is 5.73 Å². The van der Waals surface area contributed by atoms with Gasteiger partial charge in [-0.1, -0.05) is 29.8 Å². The normalized spacial score (nSPS) is 13.6. The van der Waals surface area contributed by atoms with E-state index in [1.807, 2.05) is 31.2 Å². The highest BCUT2D eigenvalue weighted by molar-refractivity contribution is 6.06. The molecule has 0 spiro atoms. The van der Waals surface area contributed by atoms with Crippen LogP contribution in [0.2, 0.25) is 0 Å². The number of anilines is 1. The summed E-state index contributed by atoms with van der Waals surface area (Å²) in [5, 5.41) is 9.42. The lowest BCUT2D eigenvalue weighted by Crippen LogP contribution is -2.17. The lowest BCUT2D eigenvalue weighted by molar-refractivity contribution is 0.0972. The molecule has 1 aliphatic carbocycles. The molecular weight excluding hydrogens is 262 g/mol. The average molecular weight is 277 g/mol. The summed E-state index contributed by atoms with van der Waals surface area (Å²) in [4.78, 5) is 16.6. The molecular formula is C17H15N3O. The van der Waals surface area contributed by atoms with E-state index in [0.29, 0.717) is 23.1 Å². The van der Waals surface area contributed by atoms with Crippen LogP contribution < -0.4 is 5.73 Å². The summed E-state index contributed by atoms with van der Waals surface area (Å²) in [7, 11) is 0. The highest BCUT2D eigenvalue weighted by Crippen LogP contribution is 2.35. The van der Waals surface area contributed by atoms with E-state index in [1.54, 1.807) is 0 Å². The second-order valence-electron chi connectivity index (χ2n) is 5.32. The highest BCUT2D eigenvalue weighted by Gasteiger charge is 2.27. The fourth-order valence-electron chi connectivity index (χ4n) is 2.80. The van der Waals surface area contributed by atoms with Crippen molar-refractivity contribution in [3.63, 3.8) is 0 Å². The van der Waals surface area contributed by atoms with E-state index < -0.39 is 0 Å². The van der Waals surface area contributed by atoms with Crippen LogP contribution in [-0.2, 0) is 6.42 Å². The summed E-state index contributed by atoms with van der Waals surface area (Å²) in [6.45, 7) is 2.00. The number of aryl methyl sites for hydroxylation is 2. The summed E-state index contributed by atoms with van der Waals surface area (Å²) >= 11 is 0. The Morgan fingerprint density at radius 1 is 1.19 bits per heavy atom. The number of benzene rings is 1. The van der Waals surface area contributed by atoms with E-state index in [1.165, 1.54) is 0 Å². The number of hydrogen-bond acceptors (Lipinski definition) is 4. The SMILES string of the molecule is Cc1ccc(-c2c(C#N)c(N)nc3c2C(=O)CCC3)cc1. The van der Waals surface area contributed by atoms with Crippen molar-refractivity contribution in [2.24, 2.45) is 0 Å². The number of carbonyl (C=O) groups excluding carboxylic acids is 1. The van der Waals surface area contributed by atoms with Gasteiger partial charge in [-0.05, 0) is 25.3 Å². The second kappa shape index (κ2) is 5.02. The van der Waals surface area contributed by atoms with Gasteiger partial charge >= 0.3 is 0 Å². The van der Waals surface area contributed by atoms with Gasteiger partial charge in [0.05, 0.1) is 5.69 Å². The zero-order chi connectivity index (χ0) is 15.0. The number of carbonyl (C=O) groups is 1. The quantitative estimate of drug-likeness (QED) is 0.868. The van der Waals surface area contributed by atoms with Gasteiger partial charge in [0, 0.05) is 17.5 Å². The number of Topliss-reactive ketones (excluding diaryl/α,β-unsaturated/α-hetero) is 1. The van der Waals surface area contributed by atoms with Crippen LogP contribution >= 0.6 is 0 Å². The number of pyridine rings is 1. The standard InChI is InChI=1S/C17H15N3O/c1-10-5-7-11(8-6-10)15-12(9-18)17(19)20-13-3-2-4-14(21)16(13)15/h5-8H,2-4H2,1H3,(H2,19,20). The molecule has 2 N–H and O–H groups in total. The van der Waals surface area contributed by atoms with E-state index in [0.717, 1.165) is 29.7 Å². The van der Waals surface area contributed by atoms with Crippen LogP contribution in [-0.4, -0.2) is 10.8 Å². The highest BCUT2D eigenvalue weighted by atomic mass is 16.1. The molecule has 0 amide bonds. The molecule has 0 aliphatic heterocycles. The van der Waals surface area contributed by atoms with Crippen molar-refractivity contribution in [1.82, 2.24) is 4.98 Å². The number of nitrogen functional groups attached to an aromatic ring is 1. The molecule has 0 atom stereocenters. The lowest BCUT2D eigenvalue weighted by Gasteiger charge is -2.20. The van der Waals surface area contributed by atoms with Gasteiger partial charge in [0.15, 0.2) is 5.78 Å². The van der Waals surface area contributed by atoms with E-state index in [2.05, 4.69) is 11.1 Å². The molecule has 0 saturated heterocycles. The zero-order valence-corrected chi connectivity index (χ0v) is 11.8. The number of nitrogens with zero attached hydrogens (tertiary/aromatic N) is 2. The monoisotopic (exact) mass is 277 g/mol. The Labute approximate surface area is 123 Å². The summed E-state index contributed by atoms with van der Waals surface area (Å²) in [5.41, 5.74) is 10.1. The Morgan fingerprint density at radius 3 is 2.57 bits per heavy atom. The number of rotatable bonds is 1. The molecule has 4 nitrogen and oxygen atoms in total. The van der Waals surface area contributed by atoms with Crippen LogP contribution in [0.4, 0.5) is 5.82 Å². The topological polar surface area (TPSA) is 79.8 Å². The van der Waals surface area contributed by atoms with Gasteiger partial charge in [-0.25, -0.2) is 4.98 Å². The van der Waals surface area contributed by atoms with Crippen LogP contribution in [0.3, 0.4) is 0 Å². The van der Waals surface area contributed by atoms with Gasteiger partial charge in [-0.2, -0.15) is 5.26 Å². The Balaban J connectivity index is 2.36. The average Bonchev–Trinajstić information content (AvgIpc) is 2.47. The number of ketones is 1. The van der Waals surface area contributed by atoms with Crippen molar-refractivity contribution >= 4 is 11.6 Å². The van der Waals surface area contributed by atoms with Crippen molar-refractivity contribution in [1.29, 1.82) is 5.26 Å². The number of nitriles is 1.